The fourth-order valence-corrected chi connectivity index (χ4v) is 3.62. The van der Waals surface area contributed by atoms with E-state index >= 15 is 0 Å². The number of benzene rings is 3. The molecule has 0 fully saturated rings. The van der Waals surface area contributed by atoms with Crippen LogP contribution in [-0.4, -0.2) is 20.0 Å². The number of hydrogen-bond acceptors (Lipinski definition) is 5. The highest BCUT2D eigenvalue weighted by Crippen LogP contribution is 2.38. The van der Waals surface area contributed by atoms with Gasteiger partial charge in [-0.3, -0.25) is 4.79 Å². The second-order valence-corrected chi connectivity index (χ2v) is 7.45. The van der Waals surface area contributed by atoms with Crippen LogP contribution in [0.15, 0.2) is 60.4 Å². The van der Waals surface area contributed by atoms with E-state index in [4.69, 9.17) is 30.5 Å². The molecule has 0 bridgehead atoms. The van der Waals surface area contributed by atoms with Crippen LogP contribution in [0.4, 0.5) is 0 Å². The van der Waals surface area contributed by atoms with Crippen LogP contribution in [-0.2, 0) is 6.61 Å². The molecule has 0 amide bonds. The van der Waals surface area contributed by atoms with Crippen molar-refractivity contribution in [2.45, 2.75) is 13.5 Å². The highest BCUT2D eigenvalue weighted by molar-refractivity contribution is 6.31. The van der Waals surface area contributed by atoms with Gasteiger partial charge in [0.05, 0.1) is 19.8 Å². The Kier molecular flexibility index (Phi) is 5.87. The molecule has 0 saturated carbocycles. The van der Waals surface area contributed by atoms with Crippen LogP contribution in [0.3, 0.4) is 0 Å². The van der Waals surface area contributed by atoms with Gasteiger partial charge >= 0.3 is 0 Å². The number of Topliss-reactive ketones (excluding diaryl/α,β-unsaturated/α-hetero) is 1. The fraction of sp³-hybridized carbons (Fsp3) is 0.160. The first-order valence-corrected chi connectivity index (χ1v) is 10.0. The molecular formula is C25H21ClO5. The molecule has 0 radical (unpaired) electrons. The molecule has 1 aliphatic rings. The number of rotatable bonds is 6. The first-order chi connectivity index (χ1) is 15.0. The second-order valence-electron chi connectivity index (χ2n) is 7.04. The van der Waals surface area contributed by atoms with Gasteiger partial charge in [-0.05, 0) is 48.9 Å². The fourth-order valence-electron chi connectivity index (χ4n) is 3.43. The number of ether oxygens (including phenoxy) is 4. The maximum atomic E-state index is 13.0. The van der Waals surface area contributed by atoms with E-state index in [0.717, 1.165) is 11.1 Å². The zero-order valence-electron chi connectivity index (χ0n) is 17.4. The molecule has 4 rings (SSSR count). The first kappa shape index (κ1) is 20.8. The van der Waals surface area contributed by atoms with Gasteiger partial charge in [0.15, 0.2) is 5.76 Å². The molecular weight excluding hydrogens is 416 g/mol. The molecule has 1 heterocycles. The summed E-state index contributed by atoms with van der Waals surface area (Å²) in [4.78, 5) is 13.0. The number of fused-ring (bicyclic) bond motifs is 1. The normalized spacial score (nSPS) is 13.7. The molecule has 0 aromatic heterocycles. The van der Waals surface area contributed by atoms with Crippen molar-refractivity contribution in [1.82, 2.24) is 0 Å². The standard InChI is InChI=1S/C25H21ClO5/c1-15-10-19(30-14-16-6-4-5-7-20(16)26)13-22-24(15)25(27)23(31-22)12-17-11-18(28-2)8-9-21(17)29-3/h4-13H,14H2,1-3H3/b23-12-. The van der Waals surface area contributed by atoms with Gasteiger partial charge in [-0.15, -0.1) is 0 Å². The predicted octanol–water partition coefficient (Wildman–Crippen LogP) is 5.86. The van der Waals surface area contributed by atoms with Gasteiger partial charge in [-0.1, -0.05) is 29.8 Å². The van der Waals surface area contributed by atoms with Gasteiger partial charge in [-0.2, -0.15) is 0 Å². The minimum atomic E-state index is -0.185. The van der Waals surface area contributed by atoms with Crippen LogP contribution in [0, 0.1) is 6.92 Å². The van der Waals surface area contributed by atoms with E-state index in [9.17, 15) is 4.79 Å². The Morgan fingerprint density at radius 3 is 2.55 bits per heavy atom. The van der Waals surface area contributed by atoms with E-state index in [0.29, 0.717) is 45.8 Å². The molecule has 1 aliphatic heterocycles. The van der Waals surface area contributed by atoms with E-state index in [1.165, 1.54) is 0 Å². The molecule has 0 N–H and O–H groups in total. The molecule has 31 heavy (non-hydrogen) atoms. The number of ketones is 1. The zero-order valence-corrected chi connectivity index (χ0v) is 18.2. The summed E-state index contributed by atoms with van der Waals surface area (Å²) in [5.74, 6) is 2.36. The summed E-state index contributed by atoms with van der Waals surface area (Å²) in [6, 6.07) is 16.4. The van der Waals surface area contributed by atoms with Gasteiger partial charge in [0.25, 0.3) is 0 Å². The summed E-state index contributed by atoms with van der Waals surface area (Å²) >= 11 is 6.20. The third kappa shape index (κ3) is 4.23. The molecule has 0 aliphatic carbocycles. The van der Waals surface area contributed by atoms with Crippen LogP contribution < -0.4 is 18.9 Å². The molecule has 3 aromatic rings. The molecule has 3 aromatic carbocycles. The van der Waals surface area contributed by atoms with Crippen molar-refractivity contribution >= 4 is 23.5 Å². The quantitative estimate of drug-likeness (QED) is 0.453. The van der Waals surface area contributed by atoms with Crippen molar-refractivity contribution in [1.29, 1.82) is 0 Å². The zero-order chi connectivity index (χ0) is 22.0. The summed E-state index contributed by atoms with van der Waals surface area (Å²) in [7, 11) is 3.15. The summed E-state index contributed by atoms with van der Waals surface area (Å²) in [5.41, 5.74) is 2.87. The van der Waals surface area contributed by atoms with Crippen molar-refractivity contribution in [2.24, 2.45) is 0 Å². The van der Waals surface area contributed by atoms with Crippen LogP contribution in [0.25, 0.3) is 6.08 Å². The van der Waals surface area contributed by atoms with Gasteiger partial charge in [0.2, 0.25) is 5.78 Å². The molecule has 6 heteroatoms. The van der Waals surface area contributed by atoms with Crippen molar-refractivity contribution in [3.8, 4) is 23.0 Å². The Hall–Kier alpha value is -3.44. The van der Waals surface area contributed by atoms with Crippen LogP contribution in [0.2, 0.25) is 5.02 Å². The lowest BCUT2D eigenvalue weighted by Gasteiger charge is -2.10. The van der Waals surface area contributed by atoms with E-state index in [2.05, 4.69) is 0 Å². The molecule has 0 spiro atoms. The Morgan fingerprint density at radius 1 is 1.00 bits per heavy atom. The lowest BCUT2D eigenvalue weighted by atomic mass is 10.0. The van der Waals surface area contributed by atoms with E-state index in [1.54, 1.807) is 44.6 Å². The number of methoxy groups -OCH3 is 2. The Bertz CT molecular complexity index is 1180. The van der Waals surface area contributed by atoms with Gasteiger partial charge in [0.1, 0.15) is 29.6 Å². The van der Waals surface area contributed by atoms with Gasteiger partial charge in [0, 0.05) is 22.2 Å². The first-order valence-electron chi connectivity index (χ1n) is 9.67. The average Bonchev–Trinajstić information content (AvgIpc) is 3.08. The Labute approximate surface area is 185 Å². The molecule has 5 nitrogen and oxygen atoms in total. The lowest BCUT2D eigenvalue weighted by Crippen LogP contribution is -2.01. The number of hydrogen-bond donors (Lipinski definition) is 0. The van der Waals surface area contributed by atoms with Crippen molar-refractivity contribution in [3.63, 3.8) is 0 Å². The number of halogens is 1. The Balaban J connectivity index is 1.61. The largest absolute Gasteiger partial charge is 0.497 e. The Morgan fingerprint density at radius 2 is 1.81 bits per heavy atom. The molecule has 158 valence electrons. The van der Waals surface area contributed by atoms with Crippen LogP contribution >= 0.6 is 11.6 Å². The number of carbonyl (C=O) groups excluding carboxylic acids is 1. The van der Waals surface area contributed by atoms with E-state index in [-0.39, 0.29) is 11.5 Å². The minimum absolute atomic E-state index is 0.185. The maximum Gasteiger partial charge on any atom is 0.232 e. The molecule has 0 saturated heterocycles. The van der Waals surface area contributed by atoms with Crippen molar-refractivity contribution in [3.05, 3.63) is 87.6 Å². The summed E-state index contributed by atoms with van der Waals surface area (Å²) in [6.07, 6.45) is 1.66. The van der Waals surface area contributed by atoms with Crippen molar-refractivity contribution < 1.29 is 23.7 Å². The summed E-state index contributed by atoms with van der Waals surface area (Å²) in [6.45, 7) is 2.17. The lowest BCUT2D eigenvalue weighted by molar-refractivity contribution is 0.101. The van der Waals surface area contributed by atoms with Gasteiger partial charge in [-0.25, -0.2) is 0 Å². The minimum Gasteiger partial charge on any atom is -0.497 e. The van der Waals surface area contributed by atoms with Crippen LogP contribution in [0.1, 0.15) is 27.0 Å². The maximum absolute atomic E-state index is 13.0. The molecule has 0 unspecified atom stereocenters. The SMILES string of the molecule is COc1ccc(OC)c(/C=C2\Oc3cc(OCc4ccccc4Cl)cc(C)c3C2=O)c1. The average molecular weight is 437 g/mol. The van der Waals surface area contributed by atoms with Crippen LogP contribution in [0.5, 0.6) is 23.0 Å². The van der Waals surface area contributed by atoms with E-state index < -0.39 is 0 Å². The third-order valence-electron chi connectivity index (χ3n) is 5.02. The summed E-state index contributed by atoms with van der Waals surface area (Å²) in [5, 5.41) is 0.643. The summed E-state index contributed by atoms with van der Waals surface area (Å²) < 4.78 is 22.5. The number of allylic oxidation sites excluding steroid dienone is 1. The monoisotopic (exact) mass is 436 g/mol. The second kappa shape index (κ2) is 8.74. The topological polar surface area (TPSA) is 54.0 Å². The van der Waals surface area contributed by atoms with Gasteiger partial charge < -0.3 is 18.9 Å². The third-order valence-corrected chi connectivity index (χ3v) is 5.39. The highest BCUT2D eigenvalue weighted by Gasteiger charge is 2.30. The van der Waals surface area contributed by atoms with E-state index in [1.807, 2.05) is 37.3 Å². The number of aryl methyl sites for hydroxylation is 1. The predicted molar refractivity (Wildman–Crippen MR) is 119 cm³/mol. The molecule has 0 atom stereocenters. The smallest absolute Gasteiger partial charge is 0.232 e. The number of carbonyl (C=O) groups is 1. The van der Waals surface area contributed by atoms with Crippen molar-refractivity contribution in [2.75, 3.05) is 14.2 Å². The highest BCUT2D eigenvalue weighted by atomic mass is 35.5.